The Balaban J connectivity index is 1.00. The number of hydrogen-bond acceptors (Lipinski definition) is 9. The summed E-state index contributed by atoms with van der Waals surface area (Å²) < 4.78 is 50.8. The van der Waals surface area contributed by atoms with Gasteiger partial charge in [0.1, 0.15) is 30.0 Å². The van der Waals surface area contributed by atoms with Gasteiger partial charge in [0.05, 0.1) is 24.4 Å². The van der Waals surface area contributed by atoms with E-state index in [1.165, 1.54) is 52.4 Å². The molecule has 0 radical (unpaired) electrons. The number of aryl methyl sites for hydroxylation is 1. The van der Waals surface area contributed by atoms with Gasteiger partial charge in [0.2, 0.25) is 0 Å². The van der Waals surface area contributed by atoms with Crippen molar-refractivity contribution in [3.63, 3.8) is 0 Å². The number of hydrogen-bond donors (Lipinski definition) is 2. The van der Waals surface area contributed by atoms with Crippen molar-refractivity contribution in [1.82, 2.24) is 34.1 Å². The predicted molar refractivity (Wildman–Crippen MR) is 202 cm³/mol. The number of nitrogens with zero attached hydrogens (tertiary/aromatic N) is 9. The van der Waals surface area contributed by atoms with Gasteiger partial charge in [0.15, 0.2) is 5.60 Å². The van der Waals surface area contributed by atoms with E-state index in [9.17, 15) is 19.4 Å². The average Bonchev–Trinajstić information content (AvgIpc) is 3.78. The van der Waals surface area contributed by atoms with Crippen LogP contribution in [0.25, 0.3) is 16.8 Å². The van der Waals surface area contributed by atoms with Crippen molar-refractivity contribution in [2.75, 3.05) is 36.0 Å². The number of rotatable bonds is 12. The minimum Gasteiger partial charge on any atom is -0.391 e. The largest absolute Gasteiger partial charge is 0.391 e. The van der Waals surface area contributed by atoms with E-state index >= 15 is 8.78 Å². The van der Waals surface area contributed by atoms with Crippen LogP contribution in [0.1, 0.15) is 43.4 Å². The third-order valence-electron chi connectivity index (χ3n) is 10.4. The van der Waals surface area contributed by atoms with Crippen LogP contribution in [0, 0.1) is 12.7 Å². The zero-order valence-electron chi connectivity index (χ0n) is 30.7. The highest BCUT2D eigenvalue weighted by atomic mass is 19.3. The first-order valence-corrected chi connectivity index (χ1v) is 18.1. The molecule has 15 heteroatoms. The van der Waals surface area contributed by atoms with Crippen LogP contribution in [0.3, 0.4) is 0 Å². The quantitative estimate of drug-likeness (QED) is 0.167. The maximum Gasteiger partial charge on any atom is 0.350 e. The van der Waals surface area contributed by atoms with Crippen LogP contribution in [0.5, 0.6) is 0 Å². The van der Waals surface area contributed by atoms with E-state index in [1.807, 2.05) is 55.5 Å². The van der Waals surface area contributed by atoms with E-state index < -0.39 is 41.7 Å². The van der Waals surface area contributed by atoms with Gasteiger partial charge in [0.25, 0.3) is 0 Å². The van der Waals surface area contributed by atoms with Crippen LogP contribution >= 0.6 is 0 Å². The molecule has 1 aliphatic heterocycles. The number of anilines is 2. The molecule has 286 valence electrons. The minimum atomic E-state index is -3.94. The molecule has 4 heterocycles. The molecule has 0 bridgehead atoms. The monoisotopic (exact) mass is 753 g/mol. The molecule has 0 amide bonds. The Morgan fingerprint density at radius 2 is 1.45 bits per heavy atom. The summed E-state index contributed by atoms with van der Waals surface area (Å²) in [6.07, 6.45) is 3.91. The lowest BCUT2D eigenvalue weighted by molar-refractivity contribution is -0.206. The molecule has 55 heavy (non-hydrogen) atoms. The standard InChI is InChI=1S/C40H42F3N9O3/c1-4-36(27(2)53)52-38(54)50(26-47-52)35-15-13-34(14-16-35)49-20-18-48(19-21-49)33-11-8-29(9-12-33)30-10-17-37(44-23-30)40(42,43)39(55,24-51-28(3)45-25-46-51)31-6-5-7-32(41)22-31/h5-17,22-23,25-27,36,53,55H,4,18-21,24H2,1-3H3/t27-,36-,39?/m0/s1. The van der Waals surface area contributed by atoms with Crippen molar-refractivity contribution in [2.45, 2.75) is 57.4 Å². The molecule has 3 aromatic heterocycles. The van der Waals surface area contributed by atoms with Crippen molar-refractivity contribution in [3.05, 3.63) is 137 Å². The molecule has 0 saturated carbocycles. The van der Waals surface area contributed by atoms with Gasteiger partial charge in [-0.25, -0.2) is 28.1 Å². The van der Waals surface area contributed by atoms with Gasteiger partial charge in [-0.15, -0.1) is 0 Å². The van der Waals surface area contributed by atoms with Crippen molar-refractivity contribution in [1.29, 1.82) is 0 Å². The first-order chi connectivity index (χ1) is 26.4. The van der Waals surface area contributed by atoms with Gasteiger partial charge in [-0.05, 0) is 86.0 Å². The van der Waals surface area contributed by atoms with Gasteiger partial charge in [0, 0.05) is 49.3 Å². The van der Waals surface area contributed by atoms with Crippen molar-refractivity contribution < 1.29 is 23.4 Å². The summed E-state index contributed by atoms with van der Waals surface area (Å²) in [7, 11) is 0. The van der Waals surface area contributed by atoms with E-state index in [4.69, 9.17) is 0 Å². The first-order valence-electron chi connectivity index (χ1n) is 18.1. The fourth-order valence-electron chi connectivity index (χ4n) is 7.12. The molecule has 2 N–H and O–H groups in total. The molecule has 0 aliphatic carbocycles. The highest BCUT2D eigenvalue weighted by molar-refractivity contribution is 5.66. The molecule has 3 atom stereocenters. The molecule has 1 saturated heterocycles. The average molecular weight is 754 g/mol. The lowest BCUT2D eigenvalue weighted by Gasteiger charge is -2.37. The molecule has 1 unspecified atom stereocenters. The van der Waals surface area contributed by atoms with Crippen molar-refractivity contribution in [2.24, 2.45) is 0 Å². The van der Waals surface area contributed by atoms with Crippen LogP contribution < -0.4 is 15.5 Å². The molecule has 12 nitrogen and oxygen atoms in total. The van der Waals surface area contributed by atoms with Crippen LogP contribution in [-0.2, 0) is 18.1 Å². The Morgan fingerprint density at radius 1 is 0.836 bits per heavy atom. The number of aliphatic hydroxyl groups is 2. The molecular formula is C40H42F3N9O3. The molecule has 1 aliphatic rings. The van der Waals surface area contributed by atoms with Crippen LogP contribution in [0.4, 0.5) is 24.5 Å². The summed E-state index contributed by atoms with van der Waals surface area (Å²) in [4.78, 5) is 25.6. The van der Waals surface area contributed by atoms with E-state index in [0.29, 0.717) is 23.5 Å². The number of pyridine rings is 1. The smallest absolute Gasteiger partial charge is 0.350 e. The zero-order chi connectivity index (χ0) is 38.9. The van der Waals surface area contributed by atoms with Crippen molar-refractivity contribution in [3.8, 4) is 16.8 Å². The Labute approximate surface area is 315 Å². The molecule has 3 aromatic carbocycles. The second-order valence-corrected chi connectivity index (χ2v) is 13.8. The van der Waals surface area contributed by atoms with E-state index in [2.05, 4.69) is 30.0 Å². The summed E-state index contributed by atoms with van der Waals surface area (Å²) in [5, 5.41) is 29.9. The molecule has 6 aromatic rings. The number of halogens is 3. The Kier molecular flexibility index (Phi) is 10.3. The molecular weight excluding hydrogens is 711 g/mol. The van der Waals surface area contributed by atoms with Crippen LogP contribution in [0.15, 0.2) is 109 Å². The fraction of sp³-hybridized carbons (Fsp3) is 0.325. The van der Waals surface area contributed by atoms with Gasteiger partial charge in [-0.1, -0.05) is 37.3 Å². The second kappa shape index (κ2) is 15.1. The predicted octanol–water partition coefficient (Wildman–Crippen LogP) is 5.47. The first kappa shape index (κ1) is 37.5. The maximum absolute atomic E-state index is 16.3. The van der Waals surface area contributed by atoms with Gasteiger partial charge in [-0.2, -0.15) is 19.0 Å². The van der Waals surface area contributed by atoms with Crippen LogP contribution in [0.2, 0.25) is 0 Å². The van der Waals surface area contributed by atoms with E-state index in [-0.39, 0.29) is 11.3 Å². The number of benzene rings is 3. The summed E-state index contributed by atoms with van der Waals surface area (Å²) in [5.41, 5.74) is -0.0130. The van der Waals surface area contributed by atoms with E-state index in [1.54, 1.807) is 13.8 Å². The summed E-state index contributed by atoms with van der Waals surface area (Å²) in [6, 6.07) is 22.4. The molecule has 0 spiro atoms. The lowest BCUT2D eigenvalue weighted by Crippen LogP contribution is -2.47. The van der Waals surface area contributed by atoms with Gasteiger partial charge in [-0.3, -0.25) is 4.98 Å². The second-order valence-electron chi connectivity index (χ2n) is 13.8. The number of piperazine rings is 1. The normalized spacial score (nSPS) is 15.9. The third kappa shape index (κ3) is 7.24. The molecule has 7 rings (SSSR count). The van der Waals surface area contributed by atoms with Gasteiger partial charge >= 0.3 is 11.6 Å². The highest BCUT2D eigenvalue weighted by Gasteiger charge is 2.57. The third-order valence-corrected chi connectivity index (χ3v) is 10.4. The van der Waals surface area contributed by atoms with Crippen LogP contribution in [-0.4, -0.2) is 76.6 Å². The minimum absolute atomic E-state index is 0.296. The number of alkyl halides is 2. The number of aromatic nitrogens is 7. The summed E-state index contributed by atoms with van der Waals surface area (Å²) >= 11 is 0. The zero-order valence-corrected chi connectivity index (χ0v) is 30.7. The lowest BCUT2D eigenvalue weighted by atomic mass is 9.84. The van der Waals surface area contributed by atoms with E-state index in [0.717, 1.165) is 59.9 Å². The highest BCUT2D eigenvalue weighted by Crippen LogP contribution is 2.46. The molecule has 1 fully saturated rings. The summed E-state index contributed by atoms with van der Waals surface area (Å²) in [5.74, 6) is -4.39. The van der Waals surface area contributed by atoms with Crippen molar-refractivity contribution >= 4 is 11.4 Å². The Morgan fingerprint density at radius 3 is 2.00 bits per heavy atom. The Hall–Kier alpha value is -5.80. The maximum atomic E-state index is 16.3. The summed E-state index contributed by atoms with van der Waals surface area (Å²) in [6.45, 7) is 7.57. The SMILES string of the molecule is CC[C@@H]([C@H](C)O)n1ncn(-c2ccc(N3CCN(c4ccc(-c5ccc(C(F)(F)C(O)(Cn6ncnc6C)c6cccc(F)c6)nc5)cc4)CC3)cc2)c1=O. The Bertz CT molecular complexity index is 2280. The number of aliphatic hydroxyl groups excluding tert-OH is 1. The topological polar surface area (TPSA) is 130 Å². The fourth-order valence-corrected chi connectivity index (χ4v) is 7.12. The van der Waals surface area contributed by atoms with Gasteiger partial charge < -0.3 is 20.0 Å².